The Bertz CT molecular complexity index is 389. The van der Waals surface area contributed by atoms with Crippen molar-refractivity contribution in [3.05, 3.63) is 35.6 Å². The molecule has 0 radical (unpaired) electrons. The molecule has 1 aliphatic heterocycles. The van der Waals surface area contributed by atoms with Crippen molar-refractivity contribution in [2.45, 2.75) is 25.0 Å². The van der Waals surface area contributed by atoms with Crippen LogP contribution in [0, 0.1) is 5.82 Å². The average Bonchev–Trinajstić information content (AvgIpc) is 2.33. The first-order chi connectivity index (χ1) is 8.61. The molecule has 1 saturated heterocycles. The van der Waals surface area contributed by atoms with Gasteiger partial charge in [-0.2, -0.15) is 0 Å². The van der Waals surface area contributed by atoms with Crippen molar-refractivity contribution in [1.82, 2.24) is 10.2 Å². The van der Waals surface area contributed by atoms with E-state index in [1.807, 2.05) is 13.1 Å². The van der Waals surface area contributed by atoms with E-state index in [0.717, 1.165) is 38.0 Å². The third-order valence-corrected chi connectivity index (χ3v) is 3.59. The van der Waals surface area contributed by atoms with E-state index in [-0.39, 0.29) is 5.82 Å². The van der Waals surface area contributed by atoms with Crippen LogP contribution in [-0.2, 0) is 6.54 Å². The molecule has 0 spiro atoms. The fourth-order valence-electron chi connectivity index (χ4n) is 2.53. The molecule has 3 nitrogen and oxygen atoms in total. The summed E-state index contributed by atoms with van der Waals surface area (Å²) in [5.74, 6) is -0.184. The van der Waals surface area contributed by atoms with Gasteiger partial charge in [0.25, 0.3) is 0 Å². The van der Waals surface area contributed by atoms with Gasteiger partial charge >= 0.3 is 0 Å². The Balaban J connectivity index is 1.87. The summed E-state index contributed by atoms with van der Waals surface area (Å²) in [5.41, 5.74) is 0.418. The van der Waals surface area contributed by atoms with E-state index in [1.165, 1.54) is 6.07 Å². The maximum absolute atomic E-state index is 13.1. The molecule has 18 heavy (non-hydrogen) atoms. The molecule has 1 aromatic rings. The fourth-order valence-corrected chi connectivity index (χ4v) is 2.53. The van der Waals surface area contributed by atoms with E-state index < -0.39 is 5.60 Å². The number of likely N-dealkylation sites (tertiary alicyclic amines) is 1. The summed E-state index contributed by atoms with van der Waals surface area (Å²) in [4.78, 5) is 2.26. The second-order valence-electron chi connectivity index (χ2n) is 5.16. The van der Waals surface area contributed by atoms with Crippen LogP contribution in [-0.4, -0.2) is 42.3 Å². The van der Waals surface area contributed by atoms with Crippen LogP contribution in [0.3, 0.4) is 0 Å². The van der Waals surface area contributed by atoms with Gasteiger partial charge in [-0.15, -0.1) is 0 Å². The highest BCUT2D eigenvalue weighted by molar-refractivity contribution is 5.16. The lowest BCUT2D eigenvalue weighted by atomic mass is 9.91. The first-order valence-corrected chi connectivity index (χ1v) is 6.45. The standard InChI is InChI=1S/C14H21FN2O/c1-16-11-14(18)5-7-17(8-6-14)10-12-3-2-4-13(15)9-12/h2-4,9,16,18H,5-8,10-11H2,1H3. The number of hydrogen-bond acceptors (Lipinski definition) is 3. The van der Waals surface area contributed by atoms with Gasteiger partial charge in [-0.25, -0.2) is 4.39 Å². The van der Waals surface area contributed by atoms with Gasteiger partial charge < -0.3 is 10.4 Å². The summed E-state index contributed by atoms with van der Waals surface area (Å²) in [5, 5.41) is 13.3. The van der Waals surface area contributed by atoms with Crippen molar-refractivity contribution >= 4 is 0 Å². The minimum Gasteiger partial charge on any atom is -0.388 e. The van der Waals surface area contributed by atoms with Crippen molar-refractivity contribution in [2.75, 3.05) is 26.7 Å². The molecule has 2 rings (SSSR count). The van der Waals surface area contributed by atoms with Crippen LogP contribution < -0.4 is 5.32 Å². The summed E-state index contributed by atoms with van der Waals surface area (Å²) in [7, 11) is 1.86. The van der Waals surface area contributed by atoms with Crippen LogP contribution >= 0.6 is 0 Å². The van der Waals surface area contributed by atoms with Crippen LogP contribution in [0.2, 0.25) is 0 Å². The lowest BCUT2D eigenvalue weighted by molar-refractivity contribution is -0.0204. The highest BCUT2D eigenvalue weighted by atomic mass is 19.1. The number of aliphatic hydroxyl groups is 1. The van der Waals surface area contributed by atoms with Crippen molar-refractivity contribution in [3.63, 3.8) is 0 Å². The molecular weight excluding hydrogens is 231 g/mol. The Morgan fingerprint density at radius 2 is 2.11 bits per heavy atom. The number of nitrogens with one attached hydrogen (secondary N) is 1. The van der Waals surface area contributed by atoms with E-state index in [1.54, 1.807) is 12.1 Å². The van der Waals surface area contributed by atoms with Gasteiger partial charge in [0.15, 0.2) is 0 Å². The third-order valence-electron chi connectivity index (χ3n) is 3.59. The van der Waals surface area contributed by atoms with Crippen molar-refractivity contribution in [1.29, 1.82) is 0 Å². The molecule has 0 bridgehead atoms. The Kier molecular flexibility index (Phi) is 4.32. The highest BCUT2D eigenvalue weighted by Crippen LogP contribution is 2.22. The molecule has 0 aliphatic carbocycles. The maximum atomic E-state index is 13.1. The van der Waals surface area contributed by atoms with Gasteiger partial charge in [0.05, 0.1) is 5.60 Å². The van der Waals surface area contributed by atoms with Gasteiger partial charge in [0.2, 0.25) is 0 Å². The molecule has 0 amide bonds. The maximum Gasteiger partial charge on any atom is 0.123 e. The van der Waals surface area contributed by atoms with E-state index in [9.17, 15) is 9.50 Å². The molecular formula is C14H21FN2O. The first-order valence-electron chi connectivity index (χ1n) is 6.45. The van der Waals surface area contributed by atoms with E-state index in [0.29, 0.717) is 6.54 Å². The predicted molar refractivity (Wildman–Crippen MR) is 69.8 cm³/mol. The lowest BCUT2D eigenvalue weighted by Gasteiger charge is -2.38. The van der Waals surface area contributed by atoms with Crippen LogP contribution in [0.15, 0.2) is 24.3 Å². The quantitative estimate of drug-likeness (QED) is 0.849. The zero-order valence-corrected chi connectivity index (χ0v) is 10.8. The zero-order chi connectivity index (χ0) is 13.0. The zero-order valence-electron chi connectivity index (χ0n) is 10.8. The number of hydrogen-bond donors (Lipinski definition) is 2. The fraction of sp³-hybridized carbons (Fsp3) is 0.571. The average molecular weight is 252 g/mol. The molecule has 0 aromatic heterocycles. The number of nitrogens with zero attached hydrogens (tertiary/aromatic N) is 1. The monoisotopic (exact) mass is 252 g/mol. The molecule has 0 saturated carbocycles. The molecule has 100 valence electrons. The van der Waals surface area contributed by atoms with Gasteiger partial charge in [-0.05, 0) is 37.6 Å². The van der Waals surface area contributed by atoms with Gasteiger partial charge in [-0.3, -0.25) is 4.90 Å². The first kappa shape index (κ1) is 13.5. The van der Waals surface area contributed by atoms with Gasteiger partial charge in [0.1, 0.15) is 5.82 Å². The Hall–Kier alpha value is -0.970. The highest BCUT2D eigenvalue weighted by Gasteiger charge is 2.31. The molecule has 1 fully saturated rings. The Morgan fingerprint density at radius 1 is 1.39 bits per heavy atom. The molecule has 0 atom stereocenters. The number of halogens is 1. The molecule has 2 N–H and O–H groups in total. The summed E-state index contributed by atoms with van der Waals surface area (Å²) in [6.45, 7) is 3.11. The van der Waals surface area contributed by atoms with Crippen molar-refractivity contribution < 1.29 is 9.50 Å². The summed E-state index contributed by atoms with van der Waals surface area (Å²) in [6, 6.07) is 6.73. The van der Waals surface area contributed by atoms with Crippen LogP contribution in [0.4, 0.5) is 4.39 Å². The smallest absolute Gasteiger partial charge is 0.123 e. The largest absolute Gasteiger partial charge is 0.388 e. The minimum atomic E-state index is -0.576. The molecule has 1 aliphatic rings. The van der Waals surface area contributed by atoms with Gasteiger partial charge in [-0.1, -0.05) is 12.1 Å². The molecule has 0 unspecified atom stereocenters. The van der Waals surface area contributed by atoms with Crippen LogP contribution in [0.25, 0.3) is 0 Å². The number of piperidine rings is 1. The molecule has 1 aromatic carbocycles. The lowest BCUT2D eigenvalue weighted by Crippen LogP contribution is -2.49. The number of rotatable bonds is 4. The van der Waals surface area contributed by atoms with Gasteiger partial charge in [0, 0.05) is 26.2 Å². The summed E-state index contributed by atoms with van der Waals surface area (Å²) in [6.07, 6.45) is 1.53. The predicted octanol–water partition coefficient (Wildman–Crippen LogP) is 1.37. The third kappa shape index (κ3) is 3.51. The topological polar surface area (TPSA) is 35.5 Å². The van der Waals surface area contributed by atoms with E-state index in [4.69, 9.17) is 0 Å². The second-order valence-corrected chi connectivity index (χ2v) is 5.16. The van der Waals surface area contributed by atoms with E-state index >= 15 is 0 Å². The minimum absolute atomic E-state index is 0.184. The summed E-state index contributed by atoms with van der Waals surface area (Å²) < 4.78 is 13.1. The second kappa shape index (κ2) is 5.78. The van der Waals surface area contributed by atoms with Crippen molar-refractivity contribution in [3.8, 4) is 0 Å². The van der Waals surface area contributed by atoms with E-state index in [2.05, 4.69) is 10.2 Å². The molecule has 4 heteroatoms. The van der Waals surface area contributed by atoms with Crippen molar-refractivity contribution in [2.24, 2.45) is 0 Å². The van der Waals surface area contributed by atoms with Crippen LogP contribution in [0.1, 0.15) is 18.4 Å². The Labute approximate surface area is 108 Å². The number of likely N-dealkylation sites (N-methyl/N-ethyl adjacent to an activating group) is 1. The normalized spacial score (nSPS) is 19.9. The SMILES string of the molecule is CNCC1(O)CCN(Cc2cccc(F)c2)CC1. The Morgan fingerprint density at radius 3 is 2.72 bits per heavy atom. The summed E-state index contributed by atoms with van der Waals surface area (Å²) >= 11 is 0. The van der Waals surface area contributed by atoms with Crippen LogP contribution in [0.5, 0.6) is 0 Å². The molecule has 1 heterocycles. The number of benzene rings is 1.